The van der Waals surface area contributed by atoms with Gasteiger partial charge in [-0.3, -0.25) is 9.59 Å². The molecule has 0 unspecified atom stereocenters. The Bertz CT molecular complexity index is 762. The van der Waals surface area contributed by atoms with E-state index in [1.54, 1.807) is 0 Å². The lowest BCUT2D eigenvalue weighted by molar-refractivity contribution is -0.114. The SMILES string of the molecule is CC(=O)Nc1sc2c(c1C(N)=O)CCc1ccc(C)cc1-2. The van der Waals surface area contributed by atoms with Crippen LogP contribution in [0.4, 0.5) is 5.00 Å². The van der Waals surface area contributed by atoms with Gasteiger partial charge in [0, 0.05) is 11.8 Å². The van der Waals surface area contributed by atoms with E-state index < -0.39 is 5.91 Å². The number of amides is 2. The first kappa shape index (κ1) is 13.8. The van der Waals surface area contributed by atoms with E-state index >= 15 is 0 Å². The Kier molecular flexibility index (Phi) is 3.29. The molecule has 1 aliphatic carbocycles. The van der Waals surface area contributed by atoms with Gasteiger partial charge in [-0.15, -0.1) is 11.3 Å². The van der Waals surface area contributed by atoms with Crippen molar-refractivity contribution in [3.63, 3.8) is 0 Å². The number of carbonyl (C=O) groups excluding carboxylic acids is 2. The highest BCUT2D eigenvalue weighted by Gasteiger charge is 2.27. The van der Waals surface area contributed by atoms with Crippen molar-refractivity contribution < 1.29 is 9.59 Å². The Labute approximate surface area is 127 Å². The number of nitrogens with one attached hydrogen (secondary N) is 1. The second-order valence-corrected chi connectivity index (χ2v) is 6.34. The van der Waals surface area contributed by atoms with Gasteiger partial charge in [0.25, 0.3) is 5.91 Å². The smallest absolute Gasteiger partial charge is 0.252 e. The van der Waals surface area contributed by atoms with Crippen LogP contribution < -0.4 is 11.1 Å². The van der Waals surface area contributed by atoms with Gasteiger partial charge in [-0.05, 0) is 36.5 Å². The lowest BCUT2D eigenvalue weighted by Crippen LogP contribution is -2.17. The molecule has 0 saturated heterocycles. The van der Waals surface area contributed by atoms with Crippen molar-refractivity contribution in [1.29, 1.82) is 0 Å². The minimum absolute atomic E-state index is 0.194. The molecule has 0 radical (unpaired) electrons. The molecule has 2 aromatic rings. The maximum absolute atomic E-state index is 11.8. The Morgan fingerprint density at radius 2 is 2.05 bits per heavy atom. The number of thiophene rings is 1. The second-order valence-electron chi connectivity index (χ2n) is 5.32. The Balaban J connectivity index is 2.23. The van der Waals surface area contributed by atoms with Crippen molar-refractivity contribution in [3.05, 3.63) is 40.5 Å². The van der Waals surface area contributed by atoms with Gasteiger partial charge in [0.15, 0.2) is 0 Å². The van der Waals surface area contributed by atoms with Crippen molar-refractivity contribution in [1.82, 2.24) is 0 Å². The first-order valence-corrected chi connectivity index (χ1v) is 7.62. The van der Waals surface area contributed by atoms with Crippen LogP contribution in [0.2, 0.25) is 0 Å². The number of aryl methyl sites for hydroxylation is 2. The number of rotatable bonds is 2. The van der Waals surface area contributed by atoms with Crippen LogP contribution in [0.3, 0.4) is 0 Å². The third-order valence-electron chi connectivity index (χ3n) is 3.70. The number of fused-ring (bicyclic) bond motifs is 3. The van der Waals surface area contributed by atoms with Gasteiger partial charge in [-0.1, -0.05) is 23.8 Å². The van der Waals surface area contributed by atoms with Gasteiger partial charge < -0.3 is 11.1 Å². The first-order chi connectivity index (χ1) is 9.97. The number of nitrogens with two attached hydrogens (primary N) is 1. The normalized spacial score (nSPS) is 12.5. The lowest BCUT2D eigenvalue weighted by Gasteiger charge is -2.17. The van der Waals surface area contributed by atoms with E-state index in [4.69, 9.17) is 5.73 Å². The second kappa shape index (κ2) is 5.00. The Morgan fingerprint density at radius 1 is 1.29 bits per heavy atom. The predicted octanol–water partition coefficient (Wildman–Crippen LogP) is 2.88. The molecule has 3 N–H and O–H groups in total. The van der Waals surface area contributed by atoms with Gasteiger partial charge in [0.05, 0.1) is 5.56 Å². The number of carbonyl (C=O) groups is 2. The average Bonchev–Trinajstić information content (AvgIpc) is 2.76. The van der Waals surface area contributed by atoms with Crippen molar-refractivity contribution in [2.75, 3.05) is 5.32 Å². The zero-order valence-electron chi connectivity index (χ0n) is 11.9. The van der Waals surface area contributed by atoms with Gasteiger partial charge in [-0.25, -0.2) is 0 Å². The summed E-state index contributed by atoms with van der Waals surface area (Å²) >= 11 is 1.44. The van der Waals surface area contributed by atoms with Crippen LogP contribution in [0, 0.1) is 6.92 Å². The van der Waals surface area contributed by atoms with E-state index in [0.717, 1.165) is 28.8 Å². The molecule has 0 aliphatic heterocycles. The van der Waals surface area contributed by atoms with E-state index in [2.05, 4.69) is 23.5 Å². The van der Waals surface area contributed by atoms with Crippen LogP contribution in [-0.4, -0.2) is 11.8 Å². The van der Waals surface area contributed by atoms with E-state index in [1.165, 1.54) is 29.4 Å². The highest BCUT2D eigenvalue weighted by Crippen LogP contribution is 2.45. The molecule has 0 fully saturated rings. The summed E-state index contributed by atoms with van der Waals surface area (Å²) in [5, 5.41) is 3.30. The quantitative estimate of drug-likeness (QED) is 0.895. The summed E-state index contributed by atoms with van der Waals surface area (Å²) in [5.74, 6) is -0.673. The van der Waals surface area contributed by atoms with Gasteiger partial charge >= 0.3 is 0 Å². The third kappa shape index (κ3) is 2.34. The van der Waals surface area contributed by atoms with Crippen molar-refractivity contribution >= 4 is 28.2 Å². The number of primary amides is 1. The van der Waals surface area contributed by atoms with Crippen molar-refractivity contribution in [2.24, 2.45) is 5.73 Å². The molecule has 108 valence electrons. The zero-order chi connectivity index (χ0) is 15.1. The van der Waals surface area contributed by atoms with Crippen LogP contribution >= 0.6 is 11.3 Å². The van der Waals surface area contributed by atoms with Crippen LogP contribution in [0.1, 0.15) is 34.0 Å². The summed E-state index contributed by atoms with van der Waals surface area (Å²) in [6, 6.07) is 6.36. The van der Waals surface area contributed by atoms with Gasteiger partial charge in [-0.2, -0.15) is 0 Å². The van der Waals surface area contributed by atoms with Crippen LogP contribution in [0.5, 0.6) is 0 Å². The maximum Gasteiger partial charge on any atom is 0.252 e. The maximum atomic E-state index is 11.8. The molecule has 1 aromatic carbocycles. The molecule has 0 spiro atoms. The van der Waals surface area contributed by atoms with Crippen LogP contribution in [0.15, 0.2) is 18.2 Å². The Hall–Kier alpha value is -2.14. The summed E-state index contributed by atoms with van der Waals surface area (Å²) in [6.07, 6.45) is 1.67. The summed E-state index contributed by atoms with van der Waals surface area (Å²) < 4.78 is 0. The fraction of sp³-hybridized carbons (Fsp3) is 0.250. The molecule has 3 rings (SSSR count). The number of benzene rings is 1. The highest BCUT2D eigenvalue weighted by molar-refractivity contribution is 7.20. The third-order valence-corrected chi connectivity index (χ3v) is 4.88. The molecular formula is C16H16N2O2S. The number of hydrogen-bond acceptors (Lipinski definition) is 3. The highest BCUT2D eigenvalue weighted by atomic mass is 32.1. The van der Waals surface area contributed by atoms with Crippen molar-refractivity contribution in [3.8, 4) is 10.4 Å². The van der Waals surface area contributed by atoms with Crippen LogP contribution in [-0.2, 0) is 17.6 Å². The zero-order valence-corrected chi connectivity index (χ0v) is 12.8. The first-order valence-electron chi connectivity index (χ1n) is 6.80. The van der Waals surface area contributed by atoms with E-state index in [0.29, 0.717) is 10.6 Å². The predicted molar refractivity (Wildman–Crippen MR) is 84.7 cm³/mol. The number of hydrogen-bond donors (Lipinski definition) is 2. The number of anilines is 1. The molecule has 1 aliphatic rings. The van der Waals surface area contributed by atoms with Gasteiger partial charge in [0.2, 0.25) is 5.91 Å². The van der Waals surface area contributed by atoms with Crippen LogP contribution in [0.25, 0.3) is 10.4 Å². The molecule has 21 heavy (non-hydrogen) atoms. The molecule has 0 bridgehead atoms. The summed E-state index contributed by atoms with van der Waals surface area (Å²) in [4.78, 5) is 24.2. The lowest BCUT2D eigenvalue weighted by atomic mass is 9.88. The van der Waals surface area contributed by atoms with E-state index in [-0.39, 0.29) is 5.91 Å². The van der Waals surface area contributed by atoms with Crippen molar-refractivity contribution in [2.45, 2.75) is 26.7 Å². The molecule has 0 atom stereocenters. The fourth-order valence-electron chi connectivity index (χ4n) is 2.81. The molecule has 4 nitrogen and oxygen atoms in total. The van der Waals surface area contributed by atoms with Gasteiger partial charge in [0.1, 0.15) is 5.00 Å². The Morgan fingerprint density at radius 3 is 2.71 bits per heavy atom. The standard InChI is InChI=1S/C16H16N2O2S/c1-8-3-4-10-5-6-11-13(15(17)20)16(18-9(2)19)21-14(11)12(10)7-8/h3-4,7H,5-6H2,1-2H3,(H2,17,20)(H,18,19). The molecular weight excluding hydrogens is 284 g/mol. The average molecular weight is 300 g/mol. The van der Waals surface area contributed by atoms with E-state index in [9.17, 15) is 9.59 Å². The summed E-state index contributed by atoms with van der Waals surface area (Å²) in [5.41, 5.74) is 10.6. The minimum Gasteiger partial charge on any atom is -0.365 e. The monoisotopic (exact) mass is 300 g/mol. The fourth-order valence-corrected chi connectivity index (χ4v) is 4.16. The molecule has 1 aromatic heterocycles. The molecule has 0 saturated carbocycles. The molecule has 1 heterocycles. The van der Waals surface area contributed by atoms with E-state index in [1.807, 2.05) is 6.92 Å². The topological polar surface area (TPSA) is 72.2 Å². The molecule has 2 amide bonds. The summed E-state index contributed by atoms with van der Waals surface area (Å²) in [7, 11) is 0. The largest absolute Gasteiger partial charge is 0.365 e. The minimum atomic E-state index is -0.479. The summed E-state index contributed by atoms with van der Waals surface area (Å²) in [6.45, 7) is 3.48. The molecule has 5 heteroatoms.